The van der Waals surface area contributed by atoms with Crippen LogP contribution in [0.3, 0.4) is 0 Å². The number of rotatable bonds is 3. The Bertz CT molecular complexity index is 719. The number of nitrogens with zero attached hydrogens (tertiary/aromatic N) is 2. The molecule has 1 atom stereocenters. The number of hydrogen-bond donors (Lipinski definition) is 1. The summed E-state index contributed by atoms with van der Waals surface area (Å²) in [5.74, 6) is -3.11. The maximum absolute atomic E-state index is 13.5. The van der Waals surface area contributed by atoms with Gasteiger partial charge in [0, 0.05) is 13.1 Å². The molecule has 0 radical (unpaired) electrons. The molecular formula is C16H17F2N3O3. The normalized spacial score (nSPS) is 23.8. The molecule has 6 nitrogen and oxygen atoms in total. The summed E-state index contributed by atoms with van der Waals surface area (Å²) in [6, 6.07) is 2.29. The molecule has 1 aromatic carbocycles. The summed E-state index contributed by atoms with van der Waals surface area (Å²) < 4.78 is 26.6. The molecule has 0 spiro atoms. The van der Waals surface area contributed by atoms with Gasteiger partial charge in [0.1, 0.15) is 12.1 Å². The molecule has 1 N–H and O–H groups in total. The van der Waals surface area contributed by atoms with Gasteiger partial charge < -0.3 is 10.2 Å². The van der Waals surface area contributed by atoms with Crippen LogP contribution in [0.2, 0.25) is 0 Å². The molecule has 0 bridgehead atoms. The smallest absolute Gasteiger partial charge is 0.325 e. The molecule has 128 valence electrons. The second kappa shape index (κ2) is 5.85. The summed E-state index contributed by atoms with van der Waals surface area (Å²) >= 11 is 0. The topological polar surface area (TPSA) is 69.7 Å². The molecule has 0 aliphatic carbocycles. The number of imide groups is 1. The van der Waals surface area contributed by atoms with E-state index in [0.29, 0.717) is 13.1 Å². The van der Waals surface area contributed by atoms with Crippen molar-refractivity contribution >= 4 is 17.8 Å². The summed E-state index contributed by atoms with van der Waals surface area (Å²) in [4.78, 5) is 39.4. The van der Waals surface area contributed by atoms with Crippen molar-refractivity contribution in [2.75, 3.05) is 19.6 Å². The fraction of sp³-hybridized carbons (Fsp3) is 0.438. The number of urea groups is 1. The lowest BCUT2D eigenvalue weighted by Gasteiger charge is -2.23. The fourth-order valence-electron chi connectivity index (χ4n) is 3.05. The van der Waals surface area contributed by atoms with E-state index in [1.165, 1.54) is 13.0 Å². The zero-order chi connectivity index (χ0) is 17.5. The van der Waals surface area contributed by atoms with Crippen LogP contribution < -0.4 is 5.32 Å². The Kier molecular flexibility index (Phi) is 3.98. The molecule has 2 heterocycles. The molecule has 1 aromatic rings. The number of nitrogens with one attached hydrogen (secondary N) is 1. The standard InChI is InChI=1S/C16H17F2N3O3/c1-16(10-4-5-11(17)12(18)8-10)14(23)21(15(24)19-16)9-13(22)20-6-2-3-7-20/h4-5,8H,2-3,6-7,9H2,1H3,(H,19,24). The van der Waals surface area contributed by atoms with E-state index < -0.39 is 29.1 Å². The van der Waals surface area contributed by atoms with Crippen LogP contribution >= 0.6 is 0 Å². The van der Waals surface area contributed by atoms with E-state index in [2.05, 4.69) is 5.32 Å². The van der Waals surface area contributed by atoms with E-state index in [0.717, 1.165) is 29.9 Å². The van der Waals surface area contributed by atoms with Crippen molar-refractivity contribution in [1.29, 1.82) is 0 Å². The molecule has 0 aromatic heterocycles. The predicted molar refractivity (Wildman–Crippen MR) is 79.8 cm³/mol. The lowest BCUT2D eigenvalue weighted by atomic mass is 9.92. The van der Waals surface area contributed by atoms with Crippen molar-refractivity contribution < 1.29 is 23.2 Å². The molecule has 2 aliphatic rings. The Morgan fingerprint density at radius 3 is 2.50 bits per heavy atom. The van der Waals surface area contributed by atoms with Gasteiger partial charge in [-0.25, -0.2) is 13.6 Å². The summed E-state index contributed by atoms with van der Waals surface area (Å²) in [6.45, 7) is 2.27. The van der Waals surface area contributed by atoms with Crippen LogP contribution in [-0.2, 0) is 15.1 Å². The van der Waals surface area contributed by atoms with Gasteiger partial charge in [-0.3, -0.25) is 14.5 Å². The van der Waals surface area contributed by atoms with E-state index in [9.17, 15) is 23.2 Å². The van der Waals surface area contributed by atoms with Gasteiger partial charge in [0.25, 0.3) is 5.91 Å². The first kappa shape index (κ1) is 16.4. The van der Waals surface area contributed by atoms with Crippen LogP contribution in [0.5, 0.6) is 0 Å². The second-order valence-electron chi connectivity index (χ2n) is 6.16. The Hall–Kier alpha value is -2.51. The highest BCUT2D eigenvalue weighted by atomic mass is 19.2. The van der Waals surface area contributed by atoms with Crippen LogP contribution in [-0.4, -0.2) is 47.3 Å². The molecule has 3 rings (SSSR count). The Morgan fingerprint density at radius 2 is 1.88 bits per heavy atom. The van der Waals surface area contributed by atoms with Crippen molar-refractivity contribution in [3.63, 3.8) is 0 Å². The van der Waals surface area contributed by atoms with E-state index in [-0.39, 0.29) is 18.0 Å². The third-order valence-corrected chi connectivity index (χ3v) is 4.52. The minimum absolute atomic E-state index is 0.121. The molecule has 4 amide bonds. The largest absolute Gasteiger partial charge is 0.341 e. The van der Waals surface area contributed by atoms with Crippen molar-refractivity contribution in [3.8, 4) is 0 Å². The van der Waals surface area contributed by atoms with Gasteiger partial charge in [-0.05, 0) is 37.5 Å². The van der Waals surface area contributed by atoms with E-state index >= 15 is 0 Å². The SMILES string of the molecule is CC1(c2ccc(F)c(F)c2)NC(=O)N(CC(=O)N2CCCC2)C1=O. The van der Waals surface area contributed by atoms with Gasteiger partial charge in [0.15, 0.2) is 11.6 Å². The molecule has 2 fully saturated rings. The zero-order valence-corrected chi connectivity index (χ0v) is 13.1. The molecule has 2 aliphatic heterocycles. The first-order chi connectivity index (χ1) is 11.3. The number of amides is 4. The highest BCUT2D eigenvalue weighted by Crippen LogP contribution is 2.29. The third kappa shape index (κ3) is 2.61. The summed E-state index contributed by atoms with van der Waals surface area (Å²) in [5.41, 5.74) is -1.41. The number of benzene rings is 1. The van der Waals surface area contributed by atoms with Crippen molar-refractivity contribution in [1.82, 2.24) is 15.1 Å². The molecule has 24 heavy (non-hydrogen) atoms. The average Bonchev–Trinajstić information content (AvgIpc) is 3.14. The minimum Gasteiger partial charge on any atom is -0.341 e. The summed E-state index contributed by atoms with van der Waals surface area (Å²) in [6.07, 6.45) is 1.80. The Morgan fingerprint density at radius 1 is 1.21 bits per heavy atom. The predicted octanol–water partition coefficient (Wildman–Crippen LogP) is 1.35. The number of hydrogen-bond acceptors (Lipinski definition) is 3. The maximum Gasteiger partial charge on any atom is 0.325 e. The number of carbonyl (C=O) groups excluding carboxylic acids is 3. The fourth-order valence-corrected chi connectivity index (χ4v) is 3.05. The van der Waals surface area contributed by atoms with Crippen molar-refractivity contribution in [2.24, 2.45) is 0 Å². The van der Waals surface area contributed by atoms with Crippen molar-refractivity contribution in [2.45, 2.75) is 25.3 Å². The van der Waals surface area contributed by atoms with Gasteiger partial charge in [-0.2, -0.15) is 0 Å². The van der Waals surface area contributed by atoms with Gasteiger partial charge in [0.2, 0.25) is 5.91 Å². The lowest BCUT2D eigenvalue weighted by Crippen LogP contribution is -2.44. The first-order valence-electron chi connectivity index (χ1n) is 7.70. The molecular weight excluding hydrogens is 320 g/mol. The van der Waals surface area contributed by atoms with Gasteiger partial charge in [-0.15, -0.1) is 0 Å². The maximum atomic E-state index is 13.5. The molecule has 8 heteroatoms. The highest BCUT2D eigenvalue weighted by Gasteiger charge is 2.50. The van der Waals surface area contributed by atoms with E-state index in [4.69, 9.17) is 0 Å². The molecule has 2 saturated heterocycles. The second-order valence-corrected chi connectivity index (χ2v) is 6.16. The molecule has 0 saturated carbocycles. The summed E-state index contributed by atoms with van der Waals surface area (Å²) in [7, 11) is 0. The van der Waals surface area contributed by atoms with Crippen LogP contribution in [0, 0.1) is 11.6 Å². The number of halogens is 2. The van der Waals surface area contributed by atoms with Crippen LogP contribution in [0.25, 0.3) is 0 Å². The molecule has 1 unspecified atom stereocenters. The average molecular weight is 337 g/mol. The van der Waals surface area contributed by atoms with Crippen LogP contribution in [0.1, 0.15) is 25.3 Å². The third-order valence-electron chi connectivity index (χ3n) is 4.52. The minimum atomic E-state index is -1.53. The first-order valence-corrected chi connectivity index (χ1v) is 7.70. The Balaban J connectivity index is 1.82. The quantitative estimate of drug-likeness (QED) is 0.847. The van der Waals surface area contributed by atoms with E-state index in [1.54, 1.807) is 4.90 Å². The highest BCUT2D eigenvalue weighted by molar-refractivity contribution is 6.09. The van der Waals surface area contributed by atoms with E-state index in [1.807, 2.05) is 0 Å². The van der Waals surface area contributed by atoms with Crippen LogP contribution in [0.4, 0.5) is 13.6 Å². The van der Waals surface area contributed by atoms with Crippen LogP contribution in [0.15, 0.2) is 18.2 Å². The van der Waals surface area contributed by atoms with Crippen molar-refractivity contribution in [3.05, 3.63) is 35.4 Å². The van der Waals surface area contributed by atoms with Gasteiger partial charge in [0.05, 0.1) is 0 Å². The van der Waals surface area contributed by atoms with Gasteiger partial charge >= 0.3 is 6.03 Å². The summed E-state index contributed by atoms with van der Waals surface area (Å²) in [5, 5.41) is 2.47. The lowest BCUT2D eigenvalue weighted by molar-refractivity contribution is -0.138. The zero-order valence-electron chi connectivity index (χ0n) is 13.1. The Labute approximate surface area is 137 Å². The van der Waals surface area contributed by atoms with Gasteiger partial charge in [-0.1, -0.05) is 6.07 Å². The number of carbonyl (C=O) groups is 3. The number of likely N-dealkylation sites (tertiary alicyclic amines) is 1. The monoisotopic (exact) mass is 337 g/mol.